The first-order valence-electron chi connectivity index (χ1n) is 6.27. The van der Waals surface area contributed by atoms with Crippen molar-refractivity contribution >= 4 is 33.3 Å². The molecule has 0 heterocycles. The first kappa shape index (κ1) is 15.2. The summed E-state index contributed by atoms with van der Waals surface area (Å²) >= 11 is 9.48. The highest BCUT2D eigenvalue weighted by atomic mass is 79.9. The number of hydrogen-bond acceptors (Lipinski definition) is 2. The minimum absolute atomic E-state index is 0.104. The van der Waals surface area contributed by atoms with Crippen molar-refractivity contribution in [3.63, 3.8) is 0 Å². The highest BCUT2D eigenvalue weighted by Gasteiger charge is 2.10. The fraction of sp³-hybridized carbons (Fsp3) is 0.188. The molecule has 0 spiro atoms. The zero-order valence-corrected chi connectivity index (χ0v) is 13.5. The van der Waals surface area contributed by atoms with Crippen LogP contribution in [0.3, 0.4) is 0 Å². The fourth-order valence-corrected chi connectivity index (χ4v) is 2.41. The third-order valence-electron chi connectivity index (χ3n) is 2.98. The molecule has 0 aliphatic rings. The molecule has 0 unspecified atom stereocenters. The van der Waals surface area contributed by atoms with E-state index >= 15 is 0 Å². The molecule has 0 saturated carbocycles. The zero-order chi connectivity index (χ0) is 14.5. The van der Waals surface area contributed by atoms with Crippen LogP contribution < -0.4 is 0 Å². The van der Waals surface area contributed by atoms with E-state index in [1.165, 1.54) is 0 Å². The van der Waals surface area contributed by atoms with E-state index in [1.54, 1.807) is 0 Å². The Labute approximate surface area is 132 Å². The molecule has 2 nitrogen and oxygen atoms in total. The highest BCUT2D eigenvalue weighted by Crippen LogP contribution is 2.17. The number of carbonyl (C=O) groups is 1. The number of hydrogen-bond donors (Lipinski definition) is 0. The van der Waals surface area contributed by atoms with Crippen LogP contribution in [0.25, 0.3) is 0 Å². The van der Waals surface area contributed by atoms with Gasteiger partial charge in [0.2, 0.25) is 0 Å². The van der Waals surface area contributed by atoms with Crippen molar-refractivity contribution in [2.45, 2.75) is 6.54 Å². The monoisotopic (exact) mass is 351 g/mol. The molecule has 0 aliphatic carbocycles. The third-order valence-corrected chi connectivity index (χ3v) is 3.88. The Morgan fingerprint density at radius 1 is 1.15 bits per heavy atom. The van der Waals surface area contributed by atoms with Gasteiger partial charge in [0.15, 0.2) is 5.78 Å². The number of halogens is 2. The Kier molecular flexibility index (Phi) is 5.35. The summed E-state index contributed by atoms with van der Waals surface area (Å²) in [7, 11) is 1.92. The molecule has 2 aromatic carbocycles. The maximum absolute atomic E-state index is 12.2. The summed E-state index contributed by atoms with van der Waals surface area (Å²) in [6.45, 7) is 1.02. The lowest BCUT2D eigenvalue weighted by atomic mass is 10.1. The number of Topliss-reactive ketones (excluding diaryl/α,β-unsaturated/α-hetero) is 1. The van der Waals surface area contributed by atoms with Gasteiger partial charge in [-0.2, -0.15) is 0 Å². The molecule has 0 N–H and O–H groups in total. The zero-order valence-electron chi connectivity index (χ0n) is 11.1. The average Bonchev–Trinajstić information content (AvgIpc) is 2.42. The molecule has 0 fully saturated rings. The van der Waals surface area contributed by atoms with Crippen LogP contribution in [0.2, 0.25) is 5.02 Å². The van der Waals surface area contributed by atoms with Gasteiger partial charge >= 0.3 is 0 Å². The number of likely N-dealkylation sites (N-methyl/N-ethyl adjacent to an activating group) is 1. The summed E-state index contributed by atoms with van der Waals surface area (Å²) in [6.07, 6.45) is 0. The van der Waals surface area contributed by atoms with Crippen LogP contribution in [0, 0.1) is 0 Å². The van der Waals surface area contributed by atoms with Crippen molar-refractivity contribution in [3.8, 4) is 0 Å². The molecule has 20 heavy (non-hydrogen) atoms. The van der Waals surface area contributed by atoms with Crippen molar-refractivity contribution in [1.29, 1.82) is 0 Å². The van der Waals surface area contributed by atoms with Crippen molar-refractivity contribution in [1.82, 2.24) is 4.90 Å². The molecule has 0 amide bonds. The molecule has 0 bridgehead atoms. The predicted molar refractivity (Wildman–Crippen MR) is 86.3 cm³/mol. The molecule has 104 valence electrons. The number of carbonyl (C=O) groups excluding carboxylic acids is 1. The summed E-state index contributed by atoms with van der Waals surface area (Å²) < 4.78 is 0.971. The second kappa shape index (κ2) is 7.02. The summed E-state index contributed by atoms with van der Waals surface area (Å²) in [5.41, 5.74) is 1.75. The van der Waals surface area contributed by atoms with E-state index in [9.17, 15) is 4.79 Å². The standard InChI is InChI=1S/C16H15BrClNO/c1-19(10-13-4-2-3-5-15(13)18)11-16(20)12-6-8-14(17)9-7-12/h2-9H,10-11H2,1H3. The molecule has 2 rings (SSSR count). The minimum Gasteiger partial charge on any atom is -0.295 e. The molecule has 2 aromatic rings. The Bertz CT molecular complexity index is 598. The Morgan fingerprint density at radius 2 is 1.80 bits per heavy atom. The van der Waals surface area contributed by atoms with E-state index in [1.807, 2.05) is 60.5 Å². The highest BCUT2D eigenvalue weighted by molar-refractivity contribution is 9.10. The lowest BCUT2D eigenvalue weighted by Gasteiger charge is -2.16. The molecule has 0 aromatic heterocycles. The van der Waals surface area contributed by atoms with Gasteiger partial charge in [-0.25, -0.2) is 0 Å². The molecular formula is C16H15BrClNO. The van der Waals surface area contributed by atoms with Crippen LogP contribution in [-0.4, -0.2) is 24.3 Å². The lowest BCUT2D eigenvalue weighted by molar-refractivity contribution is 0.0943. The van der Waals surface area contributed by atoms with Gasteiger partial charge in [0.1, 0.15) is 0 Å². The summed E-state index contributed by atoms with van der Waals surface area (Å²) in [5.74, 6) is 0.104. The van der Waals surface area contributed by atoms with E-state index in [-0.39, 0.29) is 5.78 Å². The van der Waals surface area contributed by atoms with E-state index in [0.717, 1.165) is 20.6 Å². The molecule has 0 radical (unpaired) electrons. The Morgan fingerprint density at radius 3 is 2.45 bits per heavy atom. The van der Waals surface area contributed by atoms with Gasteiger partial charge in [-0.1, -0.05) is 57.9 Å². The third kappa shape index (κ3) is 4.17. The topological polar surface area (TPSA) is 20.3 Å². The van der Waals surface area contributed by atoms with Crippen LogP contribution >= 0.6 is 27.5 Å². The lowest BCUT2D eigenvalue weighted by Crippen LogP contribution is -2.25. The SMILES string of the molecule is CN(CC(=O)c1ccc(Br)cc1)Cc1ccccc1Cl. The van der Waals surface area contributed by atoms with E-state index in [4.69, 9.17) is 11.6 Å². The summed E-state index contributed by atoms with van der Waals surface area (Å²) in [6, 6.07) is 15.1. The van der Waals surface area contributed by atoms with Crippen LogP contribution in [0.1, 0.15) is 15.9 Å². The van der Waals surface area contributed by atoms with Gasteiger partial charge < -0.3 is 0 Å². The van der Waals surface area contributed by atoms with E-state index < -0.39 is 0 Å². The smallest absolute Gasteiger partial charge is 0.176 e. The van der Waals surface area contributed by atoms with Crippen molar-refractivity contribution < 1.29 is 4.79 Å². The van der Waals surface area contributed by atoms with Crippen LogP contribution in [0.15, 0.2) is 53.0 Å². The number of benzene rings is 2. The molecular weight excluding hydrogens is 338 g/mol. The van der Waals surface area contributed by atoms with Gasteiger partial charge in [-0.15, -0.1) is 0 Å². The second-order valence-corrected chi connectivity index (χ2v) is 6.02. The Balaban J connectivity index is 1.98. The van der Waals surface area contributed by atoms with Gasteiger partial charge in [0.05, 0.1) is 6.54 Å². The summed E-state index contributed by atoms with van der Waals surface area (Å²) in [5, 5.41) is 0.732. The summed E-state index contributed by atoms with van der Waals surface area (Å²) in [4.78, 5) is 14.1. The molecule has 0 saturated heterocycles. The predicted octanol–water partition coefficient (Wildman–Crippen LogP) is 4.42. The first-order valence-corrected chi connectivity index (χ1v) is 7.44. The van der Waals surface area contributed by atoms with E-state index in [0.29, 0.717) is 13.1 Å². The fourth-order valence-electron chi connectivity index (χ4n) is 1.95. The quantitative estimate of drug-likeness (QED) is 0.743. The molecule has 0 aliphatic heterocycles. The van der Waals surface area contributed by atoms with Crippen molar-refractivity contribution in [2.75, 3.05) is 13.6 Å². The first-order chi connectivity index (χ1) is 9.56. The van der Waals surface area contributed by atoms with Gasteiger partial charge in [0, 0.05) is 21.6 Å². The van der Waals surface area contributed by atoms with Crippen LogP contribution in [-0.2, 0) is 6.54 Å². The van der Waals surface area contributed by atoms with Crippen molar-refractivity contribution in [3.05, 3.63) is 69.2 Å². The van der Waals surface area contributed by atoms with E-state index in [2.05, 4.69) is 15.9 Å². The van der Waals surface area contributed by atoms with Crippen LogP contribution in [0.4, 0.5) is 0 Å². The normalized spacial score (nSPS) is 10.8. The Hall–Kier alpha value is -1.16. The largest absolute Gasteiger partial charge is 0.295 e. The minimum atomic E-state index is 0.104. The van der Waals surface area contributed by atoms with Crippen LogP contribution in [0.5, 0.6) is 0 Å². The number of nitrogens with zero attached hydrogens (tertiary/aromatic N) is 1. The van der Waals surface area contributed by atoms with Crippen molar-refractivity contribution in [2.24, 2.45) is 0 Å². The van der Waals surface area contributed by atoms with Gasteiger partial charge in [0.25, 0.3) is 0 Å². The maximum atomic E-state index is 12.2. The molecule has 4 heteroatoms. The second-order valence-electron chi connectivity index (χ2n) is 4.69. The van der Waals surface area contributed by atoms with Gasteiger partial charge in [-0.3, -0.25) is 9.69 Å². The molecule has 0 atom stereocenters. The maximum Gasteiger partial charge on any atom is 0.176 e. The van der Waals surface area contributed by atoms with Gasteiger partial charge in [-0.05, 0) is 30.8 Å². The average molecular weight is 353 g/mol. The number of rotatable bonds is 5. The number of ketones is 1.